The maximum absolute atomic E-state index is 11.8. The Balaban J connectivity index is 0.000000190. The third-order valence-electron chi connectivity index (χ3n) is 6.82. The molecule has 47 heavy (non-hydrogen) atoms. The number of anilines is 3. The summed E-state index contributed by atoms with van der Waals surface area (Å²) in [5.41, 5.74) is 12.9. The summed E-state index contributed by atoms with van der Waals surface area (Å²) >= 11 is 2.09. The molecular formula is C31H44N10O4S2. The molecule has 5 aromatic heterocycles. The molecule has 1 aliphatic rings. The van der Waals surface area contributed by atoms with E-state index in [-0.39, 0.29) is 45.3 Å². The van der Waals surface area contributed by atoms with Crippen LogP contribution in [0.15, 0.2) is 33.0 Å². The highest BCUT2D eigenvalue weighted by molar-refractivity contribution is 7.17. The number of aryl methyl sites for hydroxylation is 1. The Hall–Kier alpha value is -4.44. The number of H-pyrrole nitrogens is 1. The summed E-state index contributed by atoms with van der Waals surface area (Å²) in [6, 6.07) is 1.71. The smallest absolute Gasteiger partial charge is 0.310 e. The van der Waals surface area contributed by atoms with E-state index in [4.69, 9.17) is 11.5 Å². The number of aromatic nitrogens is 7. The number of nitrogen functional groups attached to an aromatic ring is 2. The number of thiazole rings is 2. The van der Waals surface area contributed by atoms with Crippen LogP contribution >= 0.6 is 22.7 Å². The predicted molar refractivity (Wildman–Crippen MR) is 192 cm³/mol. The number of nitrogens with zero attached hydrogens (tertiary/aromatic N) is 7. The molecule has 254 valence electrons. The van der Waals surface area contributed by atoms with Crippen LogP contribution in [0.3, 0.4) is 0 Å². The molecule has 0 saturated heterocycles. The van der Waals surface area contributed by atoms with E-state index in [2.05, 4.69) is 24.9 Å². The molecule has 0 spiro atoms. The molecule has 6 heterocycles. The zero-order valence-electron chi connectivity index (χ0n) is 27.7. The number of nitrogens with one attached hydrogen (secondary N) is 1. The molecule has 1 aliphatic heterocycles. The van der Waals surface area contributed by atoms with Crippen molar-refractivity contribution in [1.82, 2.24) is 34.1 Å². The van der Waals surface area contributed by atoms with Crippen LogP contribution in [0.2, 0.25) is 0 Å². The Morgan fingerprint density at radius 1 is 0.787 bits per heavy atom. The van der Waals surface area contributed by atoms with Crippen molar-refractivity contribution in [2.75, 3.05) is 16.4 Å². The molecule has 5 aromatic rings. The number of fused-ring (bicyclic) bond motifs is 3. The van der Waals surface area contributed by atoms with Crippen LogP contribution in [-0.2, 0) is 22.3 Å². The van der Waals surface area contributed by atoms with Crippen molar-refractivity contribution in [1.29, 1.82) is 0 Å². The summed E-state index contributed by atoms with van der Waals surface area (Å²) in [5.74, 6) is 1.61. The van der Waals surface area contributed by atoms with Crippen molar-refractivity contribution < 1.29 is 4.79 Å². The summed E-state index contributed by atoms with van der Waals surface area (Å²) in [6.07, 6.45) is 3.33. The van der Waals surface area contributed by atoms with Gasteiger partial charge in [0.1, 0.15) is 28.5 Å². The molecular weight excluding hydrogens is 641 g/mol. The number of carbonyl (C=O) groups is 1. The quantitative estimate of drug-likeness (QED) is 0.210. The van der Waals surface area contributed by atoms with Crippen LogP contribution < -0.4 is 31.7 Å². The summed E-state index contributed by atoms with van der Waals surface area (Å²) in [6.45, 7) is 19.3. The maximum atomic E-state index is 11.8. The molecule has 0 radical (unpaired) electrons. The van der Waals surface area contributed by atoms with Crippen LogP contribution in [0.25, 0.3) is 20.7 Å². The fourth-order valence-electron chi connectivity index (χ4n) is 4.96. The van der Waals surface area contributed by atoms with Crippen LogP contribution in [0.5, 0.6) is 0 Å². The van der Waals surface area contributed by atoms with Gasteiger partial charge in [-0.05, 0) is 75.3 Å². The molecule has 0 aromatic carbocycles. The fraction of sp³-hybridized carbons (Fsp3) is 0.484. The van der Waals surface area contributed by atoms with Crippen molar-refractivity contribution >= 4 is 66.6 Å². The normalized spacial score (nSPS) is 13.1. The number of hydrogen-bond acceptors (Lipinski definition) is 12. The highest BCUT2D eigenvalue weighted by Gasteiger charge is 2.37. The van der Waals surface area contributed by atoms with E-state index in [1.165, 1.54) is 6.33 Å². The molecule has 0 bridgehead atoms. The van der Waals surface area contributed by atoms with Crippen molar-refractivity contribution in [3.8, 4) is 0 Å². The molecule has 0 atom stereocenters. The average molecular weight is 685 g/mol. The number of carbonyl (C=O) groups excluding carboxylic acids is 1. The van der Waals surface area contributed by atoms with Crippen molar-refractivity contribution in [3.63, 3.8) is 0 Å². The predicted octanol–water partition coefficient (Wildman–Crippen LogP) is 4.39. The van der Waals surface area contributed by atoms with Crippen molar-refractivity contribution in [3.05, 3.63) is 59.7 Å². The lowest BCUT2D eigenvalue weighted by Gasteiger charge is -2.31. The zero-order valence-corrected chi connectivity index (χ0v) is 29.3. The molecule has 1 amide bonds. The van der Waals surface area contributed by atoms with Crippen molar-refractivity contribution in [2.45, 2.75) is 99.7 Å². The van der Waals surface area contributed by atoms with Gasteiger partial charge in [0.05, 0.1) is 16.8 Å². The maximum Gasteiger partial charge on any atom is 0.310 e. The summed E-state index contributed by atoms with van der Waals surface area (Å²) in [5, 5.41) is 0. The van der Waals surface area contributed by atoms with Gasteiger partial charge in [-0.2, -0.15) is 0 Å². The van der Waals surface area contributed by atoms with E-state index >= 15 is 0 Å². The highest BCUT2D eigenvalue weighted by atomic mass is 32.1. The second-order valence-electron chi connectivity index (χ2n) is 13.7. The number of hydrogen-bond donors (Lipinski definition) is 3. The zero-order chi connectivity index (χ0) is 34.5. The number of aromatic amines is 1. The van der Waals surface area contributed by atoms with Crippen LogP contribution in [0, 0.1) is 6.92 Å². The molecule has 0 unspecified atom stereocenters. The van der Waals surface area contributed by atoms with Gasteiger partial charge >= 0.3 is 9.75 Å². The van der Waals surface area contributed by atoms with Crippen molar-refractivity contribution in [2.24, 2.45) is 0 Å². The van der Waals surface area contributed by atoms with E-state index < -0.39 is 0 Å². The lowest BCUT2D eigenvalue weighted by atomic mass is 10.1. The third-order valence-corrected chi connectivity index (χ3v) is 8.73. The van der Waals surface area contributed by atoms with Crippen LogP contribution in [-0.4, -0.2) is 45.5 Å². The Morgan fingerprint density at radius 2 is 1.34 bits per heavy atom. The van der Waals surface area contributed by atoms with Gasteiger partial charge < -0.3 is 16.5 Å². The summed E-state index contributed by atoms with van der Waals surface area (Å²) < 4.78 is 4.42. The standard InChI is InChI=1S/C10H14N4O.C10H13N3O2S.C10H13N3OS.CH4/c1-10(2,3)14-7(15)4-6-8(11)12-5-13-9(6)14;1-5-11-7-6(8(14)12-5)16-9(15)13(7)10(2,3)4;1-10(2,3)13-8-7(15-9(13)14)6(11)4-5-12-8;/h5H,4H2,1-3H3,(H2,11,12,13);1-4H3,(H,11,12,14);4-5H,1-3H3,(H2,11,12);1H4. The molecule has 6 rings (SSSR count). The monoisotopic (exact) mass is 684 g/mol. The minimum atomic E-state index is -0.372. The average Bonchev–Trinajstić information content (AvgIpc) is 3.54. The Kier molecular flexibility index (Phi) is 10.2. The molecule has 0 aliphatic carbocycles. The third kappa shape index (κ3) is 7.43. The molecule has 0 fully saturated rings. The van der Waals surface area contributed by atoms with Crippen LogP contribution in [0.1, 0.15) is 81.1 Å². The first-order chi connectivity index (χ1) is 21.1. The Bertz CT molecular complexity index is 2120. The summed E-state index contributed by atoms with van der Waals surface area (Å²) in [4.78, 5) is 67.8. The topological polar surface area (TPSA) is 201 Å². The Morgan fingerprint density at radius 3 is 1.89 bits per heavy atom. The minimum Gasteiger partial charge on any atom is -0.397 e. The second-order valence-corrected chi connectivity index (χ2v) is 15.7. The van der Waals surface area contributed by atoms with E-state index in [0.717, 1.165) is 32.9 Å². The molecule has 0 saturated carbocycles. The molecule has 14 nitrogen and oxygen atoms in total. The first kappa shape index (κ1) is 37.0. The lowest BCUT2D eigenvalue weighted by Crippen LogP contribution is -2.44. The minimum absolute atomic E-state index is 0. The van der Waals surface area contributed by atoms with Gasteiger partial charge in [-0.15, -0.1) is 0 Å². The van der Waals surface area contributed by atoms with Crippen LogP contribution in [0.4, 0.5) is 17.3 Å². The van der Waals surface area contributed by atoms with Gasteiger partial charge in [0.2, 0.25) is 5.91 Å². The highest BCUT2D eigenvalue weighted by Crippen LogP contribution is 2.34. The number of nitrogens with two attached hydrogens (primary N) is 2. The van der Waals surface area contributed by atoms with E-state index in [0.29, 0.717) is 45.6 Å². The van der Waals surface area contributed by atoms with Gasteiger partial charge in [0, 0.05) is 28.4 Å². The molecule has 5 N–H and O–H groups in total. The lowest BCUT2D eigenvalue weighted by molar-refractivity contribution is -0.118. The van der Waals surface area contributed by atoms with Gasteiger partial charge in [0.15, 0.2) is 11.3 Å². The molecule has 16 heteroatoms. The largest absolute Gasteiger partial charge is 0.397 e. The van der Waals surface area contributed by atoms with Gasteiger partial charge in [0.25, 0.3) is 5.56 Å². The Labute approximate surface area is 280 Å². The number of rotatable bonds is 0. The second kappa shape index (κ2) is 13.0. The number of pyridine rings is 1. The number of amides is 1. The summed E-state index contributed by atoms with van der Waals surface area (Å²) in [7, 11) is 0. The first-order valence-corrected chi connectivity index (χ1v) is 16.1. The van der Waals surface area contributed by atoms with Gasteiger partial charge in [-0.25, -0.2) is 19.9 Å². The first-order valence-electron chi connectivity index (χ1n) is 14.4. The van der Waals surface area contributed by atoms with Gasteiger partial charge in [-0.3, -0.25) is 33.2 Å². The van der Waals surface area contributed by atoms with Gasteiger partial charge in [-0.1, -0.05) is 30.1 Å². The van der Waals surface area contributed by atoms with E-state index in [1.54, 1.807) is 33.2 Å². The van der Waals surface area contributed by atoms with E-state index in [1.807, 2.05) is 62.3 Å². The SMILES string of the molecule is C.CC(C)(C)N1C(=O)Cc2c(N)ncnc21.CC(C)(C)n1c(=O)sc2c(N)ccnc21.Cc1nc2c(sc(=O)n2C(C)(C)C)c(=O)[nH]1. The van der Waals surface area contributed by atoms with E-state index in [9.17, 15) is 19.2 Å². The fourth-order valence-corrected chi connectivity index (χ4v) is 7.01.